The lowest BCUT2D eigenvalue weighted by atomic mass is 10.2. The highest BCUT2D eigenvalue weighted by Gasteiger charge is 2.08. The number of aryl methyl sites for hydroxylation is 1. The summed E-state index contributed by atoms with van der Waals surface area (Å²) in [5, 5.41) is 5.72. The van der Waals surface area contributed by atoms with Gasteiger partial charge in [0.25, 0.3) is 5.91 Å². The number of amides is 1. The van der Waals surface area contributed by atoms with E-state index in [2.05, 4.69) is 15.6 Å². The van der Waals surface area contributed by atoms with E-state index >= 15 is 0 Å². The fraction of sp³-hybridized carbons (Fsp3) is 0.235. The van der Waals surface area contributed by atoms with Crippen LogP contribution in [0.25, 0.3) is 0 Å². The van der Waals surface area contributed by atoms with E-state index in [9.17, 15) is 4.79 Å². The summed E-state index contributed by atoms with van der Waals surface area (Å²) in [6.07, 6.45) is 0.940. The van der Waals surface area contributed by atoms with Crippen LogP contribution in [-0.2, 0) is 0 Å². The van der Waals surface area contributed by atoms with Crippen LogP contribution in [-0.4, -0.2) is 22.6 Å². The van der Waals surface area contributed by atoms with E-state index in [-0.39, 0.29) is 11.0 Å². The van der Waals surface area contributed by atoms with Crippen LogP contribution in [0, 0.1) is 6.92 Å². The van der Waals surface area contributed by atoms with Crippen molar-refractivity contribution in [3.05, 3.63) is 53.7 Å². The fourth-order valence-corrected chi connectivity index (χ4v) is 2.06. The van der Waals surface area contributed by atoms with Gasteiger partial charge in [0, 0.05) is 11.3 Å². The summed E-state index contributed by atoms with van der Waals surface area (Å²) in [5.74, 6) is 1.06. The minimum absolute atomic E-state index is 0.208. The first-order chi connectivity index (χ1) is 11.1. The minimum Gasteiger partial charge on any atom is -0.494 e. The van der Waals surface area contributed by atoms with Crippen molar-refractivity contribution in [1.82, 2.24) is 10.3 Å². The van der Waals surface area contributed by atoms with Gasteiger partial charge < -0.3 is 10.1 Å². The molecule has 0 saturated carbocycles. The van der Waals surface area contributed by atoms with E-state index in [0.29, 0.717) is 18.0 Å². The van der Waals surface area contributed by atoms with Gasteiger partial charge >= 0.3 is 0 Å². The number of hydrogen-bond donors (Lipinski definition) is 2. The molecule has 0 aliphatic carbocycles. The molecule has 0 atom stereocenters. The number of ether oxygens (including phenoxy) is 1. The lowest BCUT2D eigenvalue weighted by Gasteiger charge is -2.10. The number of anilines is 1. The molecule has 2 aromatic rings. The zero-order valence-electron chi connectivity index (χ0n) is 13.1. The van der Waals surface area contributed by atoms with Gasteiger partial charge in [-0.1, -0.05) is 13.0 Å². The largest absolute Gasteiger partial charge is 0.494 e. The maximum absolute atomic E-state index is 12.1. The maximum Gasteiger partial charge on any atom is 0.257 e. The molecule has 0 aliphatic heterocycles. The lowest BCUT2D eigenvalue weighted by molar-refractivity contribution is 0.0977. The summed E-state index contributed by atoms with van der Waals surface area (Å²) in [5.41, 5.74) is 1.38. The van der Waals surface area contributed by atoms with Crippen molar-refractivity contribution >= 4 is 29.1 Å². The van der Waals surface area contributed by atoms with Gasteiger partial charge in [0.2, 0.25) is 0 Å². The van der Waals surface area contributed by atoms with E-state index < -0.39 is 0 Å². The molecule has 1 aromatic heterocycles. The van der Waals surface area contributed by atoms with Crippen molar-refractivity contribution in [2.24, 2.45) is 0 Å². The second-order valence-corrected chi connectivity index (χ2v) is 5.35. The van der Waals surface area contributed by atoms with Gasteiger partial charge in [0.05, 0.1) is 6.61 Å². The van der Waals surface area contributed by atoms with Crippen LogP contribution in [0.15, 0.2) is 42.5 Å². The molecule has 0 fully saturated rings. The molecule has 1 heterocycles. The summed E-state index contributed by atoms with van der Waals surface area (Å²) in [4.78, 5) is 16.4. The average Bonchev–Trinajstić information content (AvgIpc) is 2.53. The van der Waals surface area contributed by atoms with Crippen LogP contribution in [0.2, 0.25) is 0 Å². The lowest BCUT2D eigenvalue weighted by Crippen LogP contribution is -2.34. The molecule has 6 heteroatoms. The molecular formula is C17H19N3O2S. The molecule has 0 radical (unpaired) electrons. The van der Waals surface area contributed by atoms with Gasteiger partial charge in [0.1, 0.15) is 11.6 Å². The Bertz CT molecular complexity index is 686. The van der Waals surface area contributed by atoms with Crippen molar-refractivity contribution in [3.63, 3.8) is 0 Å². The number of rotatable bonds is 5. The van der Waals surface area contributed by atoms with Crippen molar-refractivity contribution in [1.29, 1.82) is 0 Å². The summed E-state index contributed by atoms with van der Waals surface area (Å²) in [7, 11) is 0. The summed E-state index contributed by atoms with van der Waals surface area (Å²) >= 11 is 5.13. The first-order valence-electron chi connectivity index (χ1n) is 7.37. The van der Waals surface area contributed by atoms with Crippen LogP contribution in [0.5, 0.6) is 5.75 Å². The molecule has 0 aliphatic rings. The maximum atomic E-state index is 12.1. The molecule has 0 saturated heterocycles. The highest BCUT2D eigenvalue weighted by molar-refractivity contribution is 7.80. The molecule has 1 aromatic carbocycles. The van der Waals surface area contributed by atoms with E-state index in [1.807, 2.05) is 26.0 Å². The first-order valence-corrected chi connectivity index (χ1v) is 7.78. The minimum atomic E-state index is -0.280. The van der Waals surface area contributed by atoms with Gasteiger partial charge in [-0.05, 0) is 62.0 Å². The van der Waals surface area contributed by atoms with Crippen LogP contribution in [0.4, 0.5) is 5.82 Å². The third kappa shape index (κ3) is 5.34. The van der Waals surface area contributed by atoms with E-state index in [1.54, 1.807) is 30.3 Å². The Hall–Kier alpha value is -2.47. The smallest absolute Gasteiger partial charge is 0.257 e. The highest BCUT2D eigenvalue weighted by Crippen LogP contribution is 2.12. The van der Waals surface area contributed by atoms with Gasteiger partial charge in [-0.2, -0.15) is 0 Å². The van der Waals surface area contributed by atoms with Crippen molar-refractivity contribution in [2.45, 2.75) is 20.3 Å². The van der Waals surface area contributed by atoms with Gasteiger partial charge in [0.15, 0.2) is 5.11 Å². The van der Waals surface area contributed by atoms with Crippen molar-refractivity contribution in [2.75, 3.05) is 11.9 Å². The van der Waals surface area contributed by atoms with Crippen molar-refractivity contribution < 1.29 is 9.53 Å². The number of thiocarbonyl (C=S) groups is 1. The molecule has 23 heavy (non-hydrogen) atoms. The molecule has 0 unspecified atom stereocenters. The second kappa shape index (κ2) is 8.24. The van der Waals surface area contributed by atoms with E-state index in [4.69, 9.17) is 17.0 Å². The third-order valence-corrected chi connectivity index (χ3v) is 3.15. The Morgan fingerprint density at radius 1 is 1.22 bits per heavy atom. The highest BCUT2D eigenvalue weighted by atomic mass is 32.1. The van der Waals surface area contributed by atoms with Gasteiger partial charge in [-0.15, -0.1) is 0 Å². The second-order valence-electron chi connectivity index (χ2n) is 4.95. The Kier molecular flexibility index (Phi) is 6.05. The van der Waals surface area contributed by atoms with E-state index in [1.165, 1.54) is 0 Å². The number of pyridine rings is 1. The quantitative estimate of drug-likeness (QED) is 0.824. The Labute approximate surface area is 141 Å². The average molecular weight is 329 g/mol. The van der Waals surface area contributed by atoms with Crippen LogP contribution < -0.4 is 15.4 Å². The third-order valence-electron chi connectivity index (χ3n) is 2.95. The summed E-state index contributed by atoms with van der Waals surface area (Å²) < 4.78 is 5.48. The number of hydrogen-bond acceptors (Lipinski definition) is 4. The SMILES string of the molecule is CCCOc1ccc(C(=O)NC(=S)Nc2cccc(C)n2)cc1. The number of aromatic nitrogens is 1. The first kappa shape index (κ1) is 16.9. The fourth-order valence-electron chi connectivity index (χ4n) is 1.86. The topological polar surface area (TPSA) is 63.2 Å². The molecule has 2 N–H and O–H groups in total. The number of benzene rings is 1. The molecule has 0 bridgehead atoms. The van der Waals surface area contributed by atoms with Gasteiger partial charge in [-0.3, -0.25) is 10.1 Å². The summed E-state index contributed by atoms with van der Waals surface area (Å²) in [6, 6.07) is 12.5. The monoisotopic (exact) mass is 329 g/mol. The van der Waals surface area contributed by atoms with Gasteiger partial charge in [-0.25, -0.2) is 4.98 Å². The Balaban J connectivity index is 1.91. The Morgan fingerprint density at radius 3 is 2.61 bits per heavy atom. The molecule has 0 spiro atoms. The molecule has 120 valence electrons. The van der Waals surface area contributed by atoms with Crippen LogP contribution in [0.3, 0.4) is 0 Å². The Morgan fingerprint density at radius 2 is 1.96 bits per heavy atom. The number of carbonyl (C=O) groups is 1. The molecule has 1 amide bonds. The van der Waals surface area contributed by atoms with E-state index in [0.717, 1.165) is 17.9 Å². The standard InChI is InChI=1S/C17H19N3O2S/c1-3-11-22-14-9-7-13(8-10-14)16(21)20-17(23)19-15-6-4-5-12(2)18-15/h4-10H,3,11H2,1-2H3,(H2,18,19,20,21,23). The van der Waals surface area contributed by atoms with Crippen molar-refractivity contribution in [3.8, 4) is 5.75 Å². The number of carbonyl (C=O) groups excluding carboxylic acids is 1. The predicted molar refractivity (Wildman–Crippen MR) is 94.9 cm³/mol. The van der Waals surface area contributed by atoms with Crippen LogP contribution in [0.1, 0.15) is 29.4 Å². The van der Waals surface area contributed by atoms with Crippen LogP contribution >= 0.6 is 12.2 Å². The zero-order chi connectivity index (χ0) is 16.7. The number of nitrogens with zero attached hydrogens (tertiary/aromatic N) is 1. The normalized spacial score (nSPS) is 10.0. The summed E-state index contributed by atoms with van der Waals surface area (Å²) in [6.45, 7) is 4.58. The number of nitrogens with one attached hydrogen (secondary N) is 2. The molecular weight excluding hydrogens is 310 g/mol. The molecule has 2 rings (SSSR count). The molecule has 5 nitrogen and oxygen atoms in total. The predicted octanol–water partition coefficient (Wildman–Crippen LogP) is 3.31. The zero-order valence-corrected chi connectivity index (χ0v) is 13.9.